The molecule has 0 amide bonds. The Bertz CT molecular complexity index is 982. The molecule has 176 valence electrons. The van der Waals surface area contributed by atoms with Crippen LogP contribution in [-0.4, -0.2) is 48.0 Å². The second-order valence-electron chi connectivity index (χ2n) is 8.24. The van der Waals surface area contributed by atoms with Crippen LogP contribution in [0.5, 0.6) is 0 Å². The van der Waals surface area contributed by atoms with Crippen LogP contribution in [0.3, 0.4) is 0 Å². The largest absolute Gasteiger partial charge is 0.464 e. The minimum absolute atomic E-state index is 0.0263. The van der Waals surface area contributed by atoms with Crippen molar-refractivity contribution in [3.8, 4) is 0 Å². The van der Waals surface area contributed by atoms with Crippen molar-refractivity contribution in [2.24, 2.45) is 5.92 Å². The molecule has 1 saturated carbocycles. The van der Waals surface area contributed by atoms with Crippen molar-refractivity contribution in [3.05, 3.63) is 57.5 Å². The minimum atomic E-state index is -1.28. The molecule has 8 heteroatoms. The molecule has 2 fully saturated rings. The SMILES string of the molecule is CCCCOC(=O)C1=CN[C@]2(C(=O)OCC)[C@H]1C(=C1SCCS1)C(=O)C[C@@H]2c1ccccc1. The normalized spacial score (nSPS) is 26.5. The first-order valence-electron chi connectivity index (χ1n) is 11.4. The van der Waals surface area contributed by atoms with Gasteiger partial charge in [0.25, 0.3) is 0 Å². The van der Waals surface area contributed by atoms with E-state index in [1.54, 1.807) is 36.6 Å². The van der Waals surface area contributed by atoms with Gasteiger partial charge in [-0.3, -0.25) is 4.79 Å². The lowest BCUT2D eigenvalue weighted by Crippen LogP contribution is -2.61. The van der Waals surface area contributed by atoms with E-state index >= 15 is 0 Å². The van der Waals surface area contributed by atoms with Gasteiger partial charge < -0.3 is 14.8 Å². The molecule has 1 aromatic carbocycles. The predicted molar refractivity (Wildman–Crippen MR) is 131 cm³/mol. The molecule has 2 heterocycles. The molecule has 0 radical (unpaired) electrons. The molecule has 1 aromatic rings. The van der Waals surface area contributed by atoms with Crippen LogP contribution in [0.25, 0.3) is 0 Å². The lowest BCUT2D eigenvalue weighted by atomic mass is 9.61. The van der Waals surface area contributed by atoms with Gasteiger partial charge in [-0.05, 0) is 18.9 Å². The Morgan fingerprint density at radius 1 is 1.12 bits per heavy atom. The lowest BCUT2D eigenvalue weighted by molar-refractivity contribution is -0.154. The summed E-state index contributed by atoms with van der Waals surface area (Å²) in [5, 5.41) is 3.26. The number of carbonyl (C=O) groups excluding carboxylic acids is 3. The monoisotopic (exact) mass is 487 g/mol. The third-order valence-corrected chi connectivity index (χ3v) is 9.06. The first-order chi connectivity index (χ1) is 16.0. The number of ketones is 1. The summed E-state index contributed by atoms with van der Waals surface area (Å²) in [7, 11) is 0. The Morgan fingerprint density at radius 3 is 2.52 bits per heavy atom. The average Bonchev–Trinajstić information content (AvgIpc) is 3.49. The molecule has 6 nitrogen and oxygen atoms in total. The maximum atomic E-state index is 13.7. The summed E-state index contributed by atoms with van der Waals surface area (Å²) < 4.78 is 12.0. The maximum absolute atomic E-state index is 13.7. The van der Waals surface area contributed by atoms with E-state index in [2.05, 4.69) is 5.32 Å². The molecule has 0 unspecified atom stereocenters. The van der Waals surface area contributed by atoms with Gasteiger partial charge in [-0.15, -0.1) is 23.5 Å². The summed E-state index contributed by atoms with van der Waals surface area (Å²) in [6.07, 6.45) is 3.40. The molecule has 0 aromatic heterocycles. The van der Waals surface area contributed by atoms with E-state index in [4.69, 9.17) is 9.47 Å². The maximum Gasteiger partial charge on any atom is 0.336 e. The van der Waals surface area contributed by atoms with Gasteiger partial charge in [0.2, 0.25) is 0 Å². The zero-order valence-corrected chi connectivity index (χ0v) is 20.6. The number of esters is 2. The molecule has 33 heavy (non-hydrogen) atoms. The Hall–Kier alpha value is -2.19. The van der Waals surface area contributed by atoms with Crippen LogP contribution < -0.4 is 5.32 Å². The van der Waals surface area contributed by atoms with Crippen LogP contribution in [0.4, 0.5) is 0 Å². The quantitative estimate of drug-likeness (QED) is 0.348. The van der Waals surface area contributed by atoms with Crippen molar-refractivity contribution in [2.45, 2.75) is 44.6 Å². The highest BCUT2D eigenvalue weighted by Gasteiger charge is 2.64. The van der Waals surface area contributed by atoms with E-state index in [1.165, 1.54) is 0 Å². The number of rotatable bonds is 7. The Balaban J connectivity index is 1.86. The molecular formula is C25H29NO5S2. The van der Waals surface area contributed by atoms with Crippen molar-refractivity contribution in [3.63, 3.8) is 0 Å². The van der Waals surface area contributed by atoms with Gasteiger partial charge in [0.15, 0.2) is 11.3 Å². The molecule has 2 aliphatic heterocycles. The van der Waals surface area contributed by atoms with Crippen LogP contribution in [0.15, 0.2) is 51.9 Å². The summed E-state index contributed by atoms with van der Waals surface area (Å²) in [6, 6.07) is 9.54. The number of Topliss-reactive ketones (excluding diaryl/α,β-unsaturated/α-hetero) is 1. The summed E-state index contributed by atoms with van der Waals surface area (Å²) in [5.74, 6) is -0.411. The molecule has 4 rings (SSSR count). The molecular weight excluding hydrogens is 458 g/mol. The van der Waals surface area contributed by atoms with E-state index in [1.807, 2.05) is 37.3 Å². The third kappa shape index (κ3) is 4.35. The number of ether oxygens (including phenoxy) is 2. The topological polar surface area (TPSA) is 81.7 Å². The second kappa shape index (κ2) is 10.4. The molecule has 3 aliphatic rings. The highest BCUT2D eigenvalue weighted by Crippen LogP contribution is 2.55. The summed E-state index contributed by atoms with van der Waals surface area (Å²) in [4.78, 5) is 40.5. The molecule has 3 atom stereocenters. The molecule has 1 saturated heterocycles. The number of benzene rings is 1. The first-order valence-corrected chi connectivity index (χ1v) is 13.4. The van der Waals surface area contributed by atoms with E-state index in [9.17, 15) is 14.4 Å². The van der Waals surface area contributed by atoms with Crippen LogP contribution >= 0.6 is 23.5 Å². The highest BCUT2D eigenvalue weighted by molar-refractivity contribution is 8.25. The van der Waals surface area contributed by atoms with Gasteiger partial charge in [0.05, 0.1) is 24.7 Å². The standard InChI is InChI=1S/C25H29NO5S2/c1-3-5-11-31-22(28)17-15-26-25(24(29)30-4-2)18(16-9-7-6-8-10-16)14-19(27)20(21(17)25)23-32-12-13-33-23/h6-10,15,18,21,26H,3-5,11-14H2,1-2H3/t18-,21-,25+/m1/s1. The zero-order chi connectivity index (χ0) is 23.4. The summed E-state index contributed by atoms with van der Waals surface area (Å²) in [5.41, 5.74) is 0.451. The van der Waals surface area contributed by atoms with Crippen molar-refractivity contribution in [1.29, 1.82) is 0 Å². The zero-order valence-electron chi connectivity index (χ0n) is 18.9. The van der Waals surface area contributed by atoms with Crippen molar-refractivity contribution in [2.75, 3.05) is 24.7 Å². The van der Waals surface area contributed by atoms with Gasteiger partial charge in [-0.1, -0.05) is 43.7 Å². The van der Waals surface area contributed by atoms with E-state index in [-0.39, 0.29) is 18.8 Å². The van der Waals surface area contributed by atoms with Crippen LogP contribution in [0.2, 0.25) is 0 Å². The van der Waals surface area contributed by atoms with Gasteiger partial charge >= 0.3 is 11.9 Å². The van der Waals surface area contributed by atoms with E-state index < -0.39 is 29.3 Å². The molecule has 0 bridgehead atoms. The molecule has 0 spiro atoms. The number of hydrogen-bond acceptors (Lipinski definition) is 8. The summed E-state index contributed by atoms with van der Waals surface area (Å²) in [6.45, 7) is 4.30. The van der Waals surface area contributed by atoms with E-state index in [0.717, 1.165) is 34.1 Å². The van der Waals surface area contributed by atoms with Gasteiger partial charge in [-0.25, -0.2) is 9.59 Å². The fourth-order valence-electron chi connectivity index (χ4n) is 4.81. The van der Waals surface area contributed by atoms with Gasteiger partial charge in [0.1, 0.15) is 0 Å². The number of carbonyl (C=O) groups is 3. The summed E-state index contributed by atoms with van der Waals surface area (Å²) >= 11 is 3.24. The smallest absolute Gasteiger partial charge is 0.336 e. The Kier molecular flexibility index (Phi) is 7.54. The Labute approximate surface area is 202 Å². The van der Waals surface area contributed by atoms with Crippen LogP contribution in [0, 0.1) is 5.92 Å². The fraction of sp³-hybridized carbons (Fsp3) is 0.480. The third-order valence-electron chi connectivity index (χ3n) is 6.31. The fourth-order valence-corrected chi connectivity index (χ4v) is 7.46. The number of fused-ring (bicyclic) bond motifs is 1. The average molecular weight is 488 g/mol. The molecule has 1 aliphatic carbocycles. The predicted octanol–water partition coefficient (Wildman–Crippen LogP) is 4.18. The number of nitrogens with one attached hydrogen (secondary N) is 1. The number of unbranched alkanes of at least 4 members (excludes halogenated alkanes) is 1. The molecule has 1 N–H and O–H groups in total. The second-order valence-corrected chi connectivity index (χ2v) is 10.7. The van der Waals surface area contributed by atoms with Crippen molar-refractivity contribution < 1.29 is 23.9 Å². The Morgan fingerprint density at radius 2 is 1.85 bits per heavy atom. The van der Waals surface area contributed by atoms with Crippen molar-refractivity contribution in [1.82, 2.24) is 5.32 Å². The van der Waals surface area contributed by atoms with Gasteiger partial charge in [-0.2, -0.15) is 0 Å². The van der Waals surface area contributed by atoms with E-state index in [0.29, 0.717) is 17.8 Å². The van der Waals surface area contributed by atoms with Crippen molar-refractivity contribution >= 4 is 41.2 Å². The number of hydrogen-bond donors (Lipinski definition) is 1. The highest BCUT2D eigenvalue weighted by atomic mass is 32.2. The van der Waals surface area contributed by atoms with Crippen LogP contribution in [0.1, 0.15) is 44.6 Å². The van der Waals surface area contributed by atoms with Gasteiger partial charge in [0, 0.05) is 39.9 Å². The van der Waals surface area contributed by atoms with Crippen LogP contribution in [-0.2, 0) is 23.9 Å². The lowest BCUT2D eigenvalue weighted by Gasteiger charge is -2.45. The number of thioether (sulfide) groups is 2. The minimum Gasteiger partial charge on any atom is -0.464 e. The first kappa shape index (κ1) is 24.0.